The number of aryl methyl sites for hydroxylation is 2. The Balaban J connectivity index is 1.58. The summed E-state index contributed by atoms with van der Waals surface area (Å²) in [5.74, 6) is 0.105. The number of fused-ring (bicyclic) bond motifs is 1. The van der Waals surface area contributed by atoms with Gasteiger partial charge in [-0.3, -0.25) is 14.2 Å². The SMILES string of the molecule is Cc1sc2ncn(CCC(=O)N(C)C3CCCCC3)c(=O)c2c1-c1ccccc1. The van der Waals surface area contributed by atoms with Gasteiger partial charge in [-0.1, -0.05) is 49.6 Å². The molecule has 0 spiro atoms. The summed E-state index contributed by atoms with van der Waals surface area (Å²) in [6.07, 6.45) is 7.75. The summed E-state index contributed by atoms with van der Waals surface area (Å²) >= 11 is 1.54. The molecule has 0 atom stereocenters. The Morgan fingerprint density at radius 3 is 2.66 bits per heavy atom. The number of hydrogen-bond acceptors (Lipinski definition) is 4. The fourth-order valence-electron chi connectivity index (χ4n) is 4.31. The van der Waals surface area contributed by atoms with Crippen molar-refractivity contribution in [2.24, 2.45) is 0 Å². The van der Waals surface area contributed by atoms with Gasteiger partial charge in [0, 0.05) is 36.5 Å². The number of nitrogens with zero attached hydrogens (tertiary/aromatic N) is 3. The van der Waals surface area contributed by atoms with E-state index in [-0.39, 0.29) is 11.5 Å². The predicted octanol–water partition coefficient (Wildman–Crippen LogP) is 4.61. The van der Waals surface area contributed by atoms with E-state index in [1.807, 2.05) is 49.2 Å². The smallest absolute Gasteiger partial charge is 0.262 e. The molecule has 5 nitrogen and oxygen atoms in total. The van der Waals surface area contributed by atoms with Crippen molar-refractivity contribution in [3.05, 3.63) is 51.9 Å². The molecule has 0 unspecified atom stereocenters. The van der Waals surface area contributed by atoms with Crippen molar-refractivity contribution in [1.29, 1.82) is 0 Å². The summed E-state index contributed by atoms with van der Waals surface area (Å²) in [4.78, 5) is 34.1. The molecule has 0 N–H and O–H groups in total. The first kappa shape index (κ1) is 19.8. The van der Waals surface area contributed by atoms with Gasteiger partial charge < -0.3 is 4.90 Å². The van der Waals surface area contributed by atoms with Crippen LogP contribution in [0.3, 0.4) is 0 Å². The molecule has 0 saturated heterocycles. The maximum atomic E-state index is 13.2. The molecule has 1 aromatic carbocycles. The standard InChI is InChI=1S/C23H27N3O2S/c1-16-20(17-9-5-3-6-10-17)21-22(29-16)24-15-26(23(21)28)14-13-19(27)25(2)18-11-7-4-8-12-18/h3,5-6,9-10,15,18H,4,7-8,11-14H2,1-2H3. The van der Waals surface area contributed by atoms with Crippen molar-refractivity contribution < 1.29 is 4.79 Å². The topological polar surface area (TPSA) is 55.2 Å². The zero-order valence-corrected chi connectivity index (χ0v) is 17.9. The van der Waals surface area contributed by atoms with Crippen LogP contribution in [0.5, 0.6) is 0 Å². The Kier molecular flexibility index (Phi) is 5.81. The van der Waals surface area contributed by atoms with Gasteiger partial charge in [-0.25, -0.2) is 4.98 Å². The van der Waals surface area contributed by atoms with Gasteiger partial charge in [0.25, 0.3) is 5.56 Å². The molecule has 1 saturated carbocycles. The highest BCUT2D eigenvalue weighted by Gasteiger charge is 2.22. The fraction of sp³-hybridized carbons (Fsp3) is 0.435. The van der Waals surface area contributed by atoms with Crippen LogP contribution in [0.25, 0.3) is 21.3 Å². The van der Waals surface area contributed by atoms with Crippen LogP contribution in [-0.2, 0) is 11.3 Å². The number of aromatic nitrogens is 2. The van der Waals surface area contributed by atoms with Crippen molar-refractivity contribution in [2.45, 2.75) is 58.0 Å². The third kappa shape index (κ3) is 3.99. The molecule has 4 rings (SSSR count). The zero-order chi connectivity index (χ0) is 20.4. The van der Waals surface area contributed by atoms with Gasteiger partial charge in [-0.05, 0) is 25.3 Å². The number of amides is 1. The Bertz CT molecular complexity index is 1060. The van der Waals surface area contributed by atoms with Crippen molar-refractivity contribution in [1.82, 2.24) is 14.5 Å². The van der Waals surface area contributed by atoms with Crippen molar-refractivity contribution in [2.75, 3.05) is 7.05 Å². The van der Waals surface area contributed by atoms with Crippen LogP contribution in [0.15, 0.2) is 41.5 Å². The zero-order valence-electron chi connectivity index (χ0n) is 17.1. The maximum absolute atomic E-state index is 13.2. The lowest BCUT2D eigenvalue weighted by Crippen LogP contribution is -2.39. The molecule has 29 heavy (non-hydrogen) atoms. The van der Waals surface area contributed by atoms with Crippen LogP contribution in [0.4, 0.5) is 0 Å². The minimum atomic E-state index is -0.0636. The third-order valence-corrected chi connectivity index (χ3v) is 7.01. The van der Waals surface area contributed by atoms with Gasteiger partial charge >= 0.3 is 0 Å². The molecule has 2 heterocycles. The van der Waals surface area contributed by atoms with E-state index in [0.29, 0.717) is 24.4 Å². The van der Waals surface area contributed by atoms with E-state index in [9.17, 15) is 9.59 Å². The Morgan fingerprint density at radius 1 is 1.21 bits per heavy atom. The van der Waals surface area contributed by atoms with Crippen LogP contribution in [0, 0.1) is 6.92 Å². The van der Waals surface area contributed by atoms with Gasteiger partial charge in [-0.15, -0.1) is 11.3 Å². The minimum absolute atomic E-state index is 0.0636. The van der Waals surface area contributed by atoms with E-state index in [2.05, 4.69) is 4.98 Å². The number of thiophene rings is 1. The summed E-state index contributed by atoms with van der Waals surface area (Å²) in [5.41, 5.74) is 1.93. The number of carbonyl (C=O) groups excluding carboxylic acids is 1. The molecular formula is C23H27N3O2S. The van der Waals surface area contributed by atoms with Crippen LogP contribution in [0.2, 0.25) is 0 Å². The Morgan fingerprint density at radius 2 is 1.93 bits per heavy atom. The van der Waals surface area contributed by atoms with Crippen molar-refractivity contribution >= 4 is 27.5 Å². The molecule has 0 aliphatic heterocycles. The van der Waals surface area contributed by atoms with Crippen molar-refractivity contribution in [3.8, 4) is 11.1 Å². The second-order valence-corrected chi connectivity index (χ2v) is 9.07. The number of carbonyl (C=O) groups is 1. The molecule has 1 amide bonds. The normalized spacial score (nSPS) is 15.0. The summed E-state index contributed by atoms with van der Waals surface area (Å²) in [6.45, 7) is 2.39. The molecule has 2 aromatic heterocycles. The van der Waals surface area contributed by atoms with Crippen LogP contribution < -0.4 is 5.56 Å². The van der Waals surface area contributed by atoms with E-state index < -0.39 is 0 Å². The van der Waals surface area contributed by atoms with Crippen LogP contribution in [-0.4, -0.2) is 33.4 Å². The first-order valence-electron chi connectivity index (χ1n) is 10.4. The van der Waals surface area contributed by atoms with E-state index >= 15 is 0 Å². The highest BCUT2D eigenvalue weighted by atomic mass is 32.1. The first-order valence-corrected chi connectivity index (χ1v) is 11.2. The van der Waals surface area contributed by atoms with Gasteiger partial charge in [0.2, 0.25) is 5.91 Å². The predicted molar refractivity (Wildman–Crippen MR) is 118 cm³/mol. The summed E-state index contributed by atoms with van der Waals surface area (Å²) in [5, 5.41) is 0.661. The van der Waals surface area contributed by atoms with Gasteiger partial charge in [-0.2, -0.15) is 0 Å². The fourth-order valence-corrected chi connectivity index (χ4v) is 5.32. The van der Waals surface area contributed by atoms with E-state index in [0.717, 1.165) is 33.7 Å². The summed E-state index contributed by atoms with van der Waals surface area (Å²) in [7, 11) is 1.90. The van der Waals surface area contributed by atoms with Gasteiger partial charge in [0.15, 0.2) is 0 Å². The monoisotopic (exact) mass is 409 g/mol. The summed E-state index contributed by atoms with van der Waals surface area (Å²) < 4.78 is 1.59. The Labute approximate surface area is 175 Å². The third-order valence-electron chi connectivity index (χ3n) is 6.00. The second-order valence-electron chi connectivity index (χ2n) is 7.87. The molecular weight excluding hydrogens is 382 g/mol. The molecule has 1 fully saturated rings. The molecule has 6 heteroatoms. The number of hydrogen-bond donors (Lipinski definition) is 0. The number of benzene rings is 1. The molecule has 0 radical (unpaired) electrons. The largest absolute Gasteiger partial charge is 0.343 e. The Hall–Kier alpha value is -2.47. The molecule has 1 aliphatic rings. The quantitative estimate of drug-likeness (QED) is 0.618. The highest BCUT2D eigenvalue weighted by molar-refractivity contribution is 7.19. The van der Waals surface area contributed by atoms with Gasteiger partial charge in [0.1, 0.15) is 4.83 Å². The average Bonchev–Trinajstić information content (AvgIpc) is 3.10. The lowest BCUT2D eigenvalue weighted by molar-refractivity contribution is -0.132. The van der Waals surface area contributed by atoms with Crippen LogP contribution >= 0.6 is 11.3 Å². The average molecular weight is 410 g/mol. The molecule has 152 valence electrons. The molecule has 3 aromatic rings. The molecule has 1 aliphatic carbocycles. The number of rotatable bonds is 5. The van der Waals surface area contributed by atoms with E-state index in [1.165, 1.54) is 19.3 Å². The van der Waals surface area contributed by atoms with Crippen molar-refractivity contribution in [3.63, 3.8) is 0 Å². The minimum Gasteiger partial charge on any atom is -0.343 e. The van der Waals surface area contributed by atoms with Crippen LogP contribution in [0.1, 0.15) is 43.4 Å². The molecule has 0 bridgehead atoms. The summed E-state index contributed by atoms with van der Waals surface area (Å²) in [6, 6.07) is 10.3. The van der Waals surface area contributed by atoms with E-state index in [1.54, 1.807) is 22.2 Å². The van der Waals surface area contributed by atoms with E-state index in [4.69, 9.17) is 0 Å². The lowest BCUT2D eigenvalue weighted by atomic mass is 9.94. The van der Waals surface area contributed by atoms with Gasteiger partial charge in [0.05, 0.1) is 11.7 Å². The maximum Gasteiger partial charge on any atom is 0.262 e. The lowest BCUT2D eigenvalue weighted by Gasteiger charge is -2.31. The highest BCUT2D eigenvalue weighted by Crippen LogP contribution is 2.35. The first-order chi connectivity index (χ1) is 14.1. The second kappa shape index (κ2) is 8.49.